The maximum absolute atomic E-state index is 11.0. The predicted octanol–water partition coefficient (Wildman–Crippen LogP) is -2.87. The number of ether oxygens (including phenoxy) is 1. The van der Waals surface area contributed by atoms with Gasteiger partial charge in [0.05, 0.1) is 6.61 Å². The quantitative estimate of drug-likeness (QED) is 0.193. The predicted molar refractivity (Wildman–Crippen MR) is 68.7 cm³/mol. The summed E-state index contributed by atoms with van der Waals surface area (Å²) in [6.45, 7) is -1.06. The molecule has 24 heavy (non-hydrogen) atoms. The summed E-state index contributed by atoms with van der Waals surface area (Å²) in [5.41, 5.74) is 0. The third kappa shape index (κ3) is 7.22. The number of phosphoric acid groups is 3. The van der Waals surface area contributed by atoms with E-state index in [-0.39, 0.29) is 0 Å². The number of aliphatic hydroxyl groups is 2. The van der Waals surface area contributed by atoms with Gasteiger partial charge in [-0.3, -0.25) is 13.6 Å². The van der Waals surface area contributed by atoms with Gasteiger partial charge >= 0.3 is 23.5 Å². The standard InChI is InChI=1S/C6H15O15P3/c7-1-2-3(19-22(9,10)11)4(20-23(12,13)14)5(6(8)18-2)21-24(15,16)17/h2-8H,1H2,(H2,9,10,11)(H2,12,13,14)(H2,15,16,17)/t2-,3-,4-,5+,6?/m1/s1. The molecular weight excluding hydrogens is 405 g/mol. The van der Waals surface area contributed by atoms with E-state index in [0.717, 1.165) is 0 Å². The molecule has 5 atom stereocenters. The Morgan fingerprint density at radius 3 is 1.50 bits per heavy atom. The average Bonchev–Trinajstić information content (AvgIpc) is 2.32. The third-order valence-electron chi connectivity index (χ3n) is 2.57. The summed E-state index contributed by atoms with van der Waals surface area (Å²) >= 11 is 0. The molecule has 1 fully saturated rings. The van der Waals surface area contributed by atoms with Crippen LogP contribution in [0.2, 0.25) is 0 Å². The highest BCUT2D eigenvalue weighted by Gasteiger charge is 2.53. The highest BCUT2D eigenvalue weighted by atomic mass is 31.2. The zero-order valence-electron chi connectivity index (χ0n) is 11.4. The Morgan fingerprint density at radius 1 is 0.750 bits per heavy atom. The van der Waals surface area contributed by atoms with E-state index in [4.69, 9.17) is 34.5 Å². The molecule has 144 valence electrons. The van der Waals surface area contributed by atoms with E-state index in [9.17, 15) is 18.8 Å². The zero-order chi connectivity index (χ0) is 18.9. The van der Waals surface area contributed by atoms with Crippen molar-refractivity contribution in [1.29, 1.82) is 0 Å². The van der Waals surface area contributed by atoms with Crippen molar-refractivity contribution in [3.8, 4) is 0 Å². The van der Waals surface area contributed by atoms with Crippen LogP contribution in [0, 0.1) is 0 Å². The summed E-state index contributed by atoms with van der Waals surface area (Å²) in [5, 5.41) is 18.7. The molecule has 1 aliphatic heterocycles. The van der Waals surface area contributed by atoms with Crippen molar-refractivity contribution in [2.45, 2.75) is 30.7 Å². The Labute approximate surface area is 133 Å². The fraction of sp³-hybridized carbons (Fsp3) is 1.00. The van der Waals surface area contributed by atoms with Gasteiger partial charge in [-0.25, -0.2) is 13.7 Å². The van der Waals surface area contributed by atoms with Gasteiger partial charge in [0.15, 0.2) is 6.29 Å². The summed E-state index contributed by atoms with van der Waals surface area (Å²) in [7, 11) is -16.1. The lowest BCUT2D eigenvalue weighted by Crippen LogP contribution is -2.60. The molecule has 1 heterocycles. The number of phosphoric ester groups is 3. The van der Waals surface area contributed by atoms with Crippen molar-refractivity contribution < 1.29 is 71.6 Å². The molecule has 1 unspecified atom stereocenters. The third-order valence-corrected chi connectivity index (χ3v) is 4.12. The van der Waals surface area contributed by atoms with Crippen LogP contribution >= 0.6 is 23.5 Å². The minimum Gasteiger partial charge on any atom is -0.394 e. The van der Waals surface area contributed by atoms with Crippen LogP contribution in [0.1, 0.15) is 0 Å². The summed E-state index contributed by atoms with van der Waals surface area (Å²) < 4.78 is 50.0. The van der Waals surface area contributed by atoms with E-state index in [2.05, 4.69) is 18.3 Å². The topological polar surface area (TPSA) is 250 Å². The van der Waals surface area contributed by atoms with Gasteiger partial charge in [0.25, 0.3) is 0 Å². The Kier molecular flexibility index (Phi) is 7.27. The fourth-order valence-electron chi connectivity index (χ4n) is 1.88. The van der Waals surface area contributed by atoms with Crippen molar-refractivity contribution >= 4 is 23.5 Å². The van der Waals surface area contributed by atoms with Crippen LogP contribution < -0.4 is 0 Å². The second kappa shape index (κ2) is 7.84. The van der Waals surface area contributed by atoms with Crippen LogP contribution in [0.5, 0.6) is 0 Å². The van der Waals surface area contributed by atoms with Gasteiger partial charge in [-0.2, -0.15) is 0 Å². The van der Waals surface area contributed by atoms with Gasteiger partial charge in [0, 0.05) is 0 Å². The van der Waals surface area contributed by atoms with Crippen LogP contribution in [-0.4, -0.2) is 76.9 Å². The summed E-state index contributed by atoms with van der Waals surface area (Å²) in [6.07, 6.45) is -10.9. The van der Waals surface area contributed by atoms with E-state index in [1.807, 2.05) is 0 Å². The zero-order valence-corrected chi connectivity index (χ0v) is 14.1. The van der Waals surface area contributed by atoms with Gasteiger partial charge < -0.3 is 44.3 Å². The molecule has 1 saturated heterocycles. The Bertz CT molecular complexity index is 560. The second-order valence-electron chi connectivity index (χ2n) is 4.43. The molecule has 0 radical (unpaired) electrons. The minimum atomic E-state index is -5.42. The first-order valence-corrected chi connectivity index (χ1v) is 10.4. The Balaban J connectivity index is 3.27. The maximum atomic E-state index is 11.0. The van der Waals surface area contributed by atoms with Crippen molar-refractivity contribution in [1.82, 2.24) is 0 Å². The SMILES string of the molecule is O=P(O)(O)O[C@@H]1[C@H](OP(=O)(O)O)[C@@H](CO)OC(O)[C@H]1OP(=O)(O)O. The summed E-state index contributed by atoms with van der Waals surface area (Å²) in [5.74, 6) is 0. The van der Waals surface area contributed by atoms with Crippen molar-refractivity contribution in [3.63, 3.8) is 0 Å². The molecule has 0 spiro atoms. The minimum absolute atomic E-state index is 1.06. The van der Waals surface area contributed by atoms with Gasteiger partial charge in [-0.15, -0.1) is 0 Å². The molecule has 0 bridgehead atoms. The molecule has 0 aromatic rings. The Hall–Kier alpha value is 0.210. The van der Waals surface area contributed by atoms with Crippen LogP contribution in [-0.2, 0) is 32.0 Å². The van der Waals surface area contributed by atoms with Crippen molar-refractivity contribution in [2.75, 3.05) is 6.61 Å². The first-order chi connectivity index (χ1) is 10.6. The molecule has 18 heteroatoms. The molecule has 0 aliphatic carbocycles. The van der Waals surface area contributed by atoms with Gasteiger partial charge in [0.2, 0.25) is 0 Å². The monoisotopic (exact) mass is 420 g/mol. The molecule has 1 aliphatic rings. The molecule has 0 aromatic heterocycles. The first-order valence-electron chi connectivity index (χ1n) is 5.79. The maximum Gasteiger partial charge on any atom is 0.470 e. The fourth-order valence-corrected chi connectivity index (χ4v) is 3.55. The lowest BCUT2D eigenvalue weighted by atomic mass is 9.99. The van der Waals surface area contributed by atoms with Gasteiger partial charge in [0.1, 0.15) is 24.4 Å². The van der Waals surface area contributed by atoms with Crippen LogP contribution in [0.25, 0.3) is 0 Å². The molecule has 0 saturated carbocycles. The largest absolute Gasteiger partial charge is 0.470 e. The highest BCUT2D eigenvalue weighted by molar-refractivity contribution is 7.47. The molecular formula is C6H15O15P3. The van der Waals surface area contributed by atoms with Gasteiger partial charge in [-0.1, -0.05) is 0 Å². The number of hydrogen-bond donors (Lipinski definition) is 8. The lowest BCUT2D eigenvalue weighted by molar-refractivity contribution is -0.276. The average molecular weight is 420 g/mol. The summed E-state index contributed by atoms with van der Waals surface area (Å²) in [6, 6.07) is 0. The van der Waals surface area contributed by atoms with E-state index in [1.165, 1.54) is 0 Å². The molecule has 1 rings (SSSR count). The summed E-state index contributed by atoms with van der Waals surface area (Å²) in [4.78, 5) is 52.9. The molecule has 8 N–H and O–H groups in total. The smallest absolute Gasteiger partial charge is 0.394 e. The Morgan fingerprint density at radius 2 is 1.12 bits per heavy atom. The van der Waals surface area contributed by atoms with Crippen molar-refractivity contribution in [3.05, 3.63) is 0 Å². The molecule has 0 aromatic carbocycles. The molecule has 0 amide bonds. The molecule has 15 nitrogen and oxygen atoms in total. The number of rotatable bonds is 7. The van der Waals surface area contributed by atoms with Crippen molar-refractivity contribution in [2.24, 2.45) is 0 Å². The van der Waals surface area contributed by atoms with E-state index in [0.29, 0.717) is 0 Å². The van der Waals surface area contributed by atoms with Crippen LogP contribution in [0.15, 0.2) is 0 Å². The van der Waals surface area contributed by atoms with Gasteiger partial charge in [-0.05, 0) is 0 Å². The normalized spacial score (nSPS) is 32.8. The second-order valence-corrected chi connectivity index (χ2v) is 8.01. The van der Waals surface area contributed by atoms with Crippen LogP contribution in [0.4, 0.5) is 0 Å². The number of aliphatic hydroxyl groups excluding tert-OH is 2. The number of hydrogen-bond acceptors (Lipinski definition) is 9. The van der Waals surface area contributed by atoms with E-state index < -0.39 is 60.8 Å². The first kappa shape index (κ1) is 22.3. The van der Waals surface area contributed by atoms with Crippen LogP contribution in [0.3, 0.4) is 0 Å². The lowest BCUT2D eigenvalue weighted by Gasteiger charge is -2.43. The highest BCUT2D eigenvalue weighted by Crippen LogP contribution is 2.49. The van der Waals surface area contributed by atoms with E-state index >= 15 is 0 Å². The van der Waals surface area contributed by atoms with E-state index in [1.54, 1.807) is 0 Å².